The van der Waals surface area contributed by atoms with Crippen LogP contribution < -0.4 is 0 Å². The third-order valence-corrected chi connectivity index (χ3v) is 2.85. The summed E-state index contributed by atoms with van der Waals surface area (Å²) in [6, 6.07) is 0. The Balaban J connectivity index is 1.92. The number of rotatable bonds is 5. The van der Waals surface area contributed by atoms with E-state index in [1.165, 1.54) is 51.7 Å². The van der Waals surface area contributed by atoms with Gasteiger partial charge in [-0.3, -0.25) is 4.31 Å². The van der Waals surface area contributed by atoms with E-state index in [4.69, 9.17) is 0 Å². The maximum absolute atomic E-state index is 4.22. The van der Waals surface area contributed by atoms with E-state index < -0.39 is 0 Å². The second-order valence-corrected chi connectivity index (χ2v) is 4.67. The minimum Gasteiger partial charge on any atom is -0.303 e. The Labute approximate surface area is 87.8 Å². The van der Waals surface area contributed by atoms with Gasteiger partial charge >= 0.3 is 0 Å². The molecule has 0 atom stereocenters. The Morgan fingerprint density at radius 2 is 1.85 bits per heavy atom. The molecule has 1 heterocycles. The first-order chi connectivity index (χ1) is 6.29. The van der Waals surface area contributed by atoms with Crippen molar-refractivity contribution in [1.82, 2.24) is 9.21 Å². The van der Waals surface area contributed by atoms with Crippen molar-refractivity contribution >= 4 is 12.8 Å². The van der Waals surface area contributed by atoms with Crippen LogP contribution in [0.25, 0.3) is 0 Å². The zero-order valence-electron chi connectivity index (χ0n) is 8.71. The van der Waals surface area contributed by atoms with Crippen LogP contribution in [0.5, 0.6) is 0 Å². The summed E-state index contributed by atoms with van der Waals surface area (Å²) in [5.74, 6) is 0. The highest BCUT2D eigenvalue weighted by Gasteiger charge is 2.08. The fourth-order valence-electron chi connectivity index (χ4n) is 1.86. The van der Waals surface area contributed by atoms with Gasteiger partial charge in [0.1, 0.15) is 0 Å². The van der Waals surface area contributed by atoms with Gasteiger partial charge in [0.15, 0.2) is 0 Å². The van der Waals surface area contributed by atoms with Gasteiger partial charge in [0.25, 0.3) is 0 Å². The SMILES string of the molecule is CN(S)CCCCN1CCCCC1. The van der Waals surface area contributed by atoms with Crippen molar-refractivity contribution in [2.75, 3.05) is 33.2 Å². The number of nitrogens with zero attached hydrogens (tertiary/aromatic N) is 2. The van der Waals surface area contributed by atoms with E-state index >= 15 is 0 Å². The van der Waals surface area contributed by atoms with Crippen LogP contribution in [0.2, 0.25) is 0 Å². The molecule has 0 amide bonds. The van der Waals surface area contributed by atoms with Crippen LogP contribution in [-0.2, 0) is 0 Å². The molecule has 78 valence electrons. The topological polar surface area (TPSA) is 6.48 Å². The van der Waals surface area contributed by atoms with E-state index in [-0.39, 0.29) is 0 Å². The average Bonchev–Trinajstić information content (AvgIpc) is 2.14. The van der Waals surface area contributed by atoms with Crippen molar-refractivity contribution in [2.45, 2.75) is 32.1 Å². The van der Waals surface area contributed by atoms with Crippen molar-refractivity contribution in [2.24, 2.45) is 0 Å². The van der Waals surface area contributed by atoms with Crippen LogP contribution in [0.1, 0.15) is 32.1 Å². The molecule has 1 aliphatic heterocycles. The largest absolute Gasteiger partial charge is 0.303 e. The van der Waals surface area contributed by atoms with Gasteiger partial charge < -0.3 is 4.90 Å². The minimum absolute atomic E-state index is 1.11. The van der Waals surface area contributed by atoms with E-state index in [2.05, 4.69) is 17.7 Å². The summed E-state index contributed by atoms with van der Waals surface area (Å²) in [4.78, 5) is 2.60. The van der Waals surface area contributed by atoms with Crippen LogP contribution in [0, 0.1) is 0 Å². The maximum Gasteiger partial charge on any atom is 0.00843 e. The third-order valence-electron chi connectivity index (χ3n) is 2.65. The van der Waals surface area contributed by atoms with Crippen molar-refractivity contribution < 1.29 is 0 Å². The third kappa shape index (κ3) is 5.55. The first kappa shape index (κ1) is 11.3. The molecule has 2 nitrogen and oxygen atoms in total. The van der Waals surface area contributed by atoms with Gasteiger partial charge in [0.05, 0.1) is 0 Å². The summed E-state index contributed by atoms with van der Waals surface area (Å²) in [7, 11) is 2.02. The molecule has 0 saturated carbocycles. The Kier molecular flexibility index (Phi) is 5.83. The molecule has 0 aromatic carbocycles. The summed E-state index contributed by atoms with van der Waals surface area (Å²) >= 11 is 4.22. The number of hydrogen-bond donors (Lipinski definition) is 1. The van der Waals surface area contributed by atoms with Crippen LogP contribution in [-0.4, -0.2) is 42.4 Å². The smallest absolute Gasteiger partial charge is 0.00843 e. The number of unbranched alkanes of at least 4 members (excludes halogenated alkanes) is 1. The van der Waals surface area contributed by atoms with Crippen LogP contribution >= 0.6 is 12.8 Å². The average molecular weight is 202 g/mol. The van der Waals surface area contributed by atoms with Crippen LogP contribution in [0.15, 0.2) is 0 Å². The summed E-state index contributed by atoms with van der Waals surface area (Å²) in [5, 5.41) is 0. The molecule has 0 bridgehead atoms. The molecule has 1 rings (SSSR count). The lowest BCUT2D eigenvalue weighted by molar-refractivity contribution is 0.223. The van der Waals surface area contributed by atoms with Gasteiger partial charge in [-0.2, -0.15) is 0 Å². The lowest BCUT2D eigenvalue weighted by Gasteiger charge is -2.26. The van der Waals surface area contributed by atoms with Gasteiger partial charge in [-0.1, -0.05) is 19.2 Å². The summed E-state index contributed by atoms with van der Waals surface area (Å²) in [6.07, 6.45) is 6.86. The van der Waals surface area contributed by atoms with E-state index in [0.29, 0.717) is 0 Å². The molecule has 0 aromatic rings. The van der Waals surface area contributed by atoms with Crippen LogP contribution in [0.4, 0.5) is 0 Å². The van der Waals surface area contributed by atoms with Gasteiger partial charge in [0, 0.05) is 6.54 Å². The van der Waals surface area contributed by atoms with Gasteiger partial charge in [-0.25, -0.2) is 0 Å². The van der Waals surface area contributed by atoms with Gasteiger partial charge in [0.2, 0.25) is 0 Å². The number of likely N-dealkylation sites (tertiary alicyclic amines) is 1. The molecule has 3 heteroatoms. The molecule has 0 spiro atoms. The van der Waals surface area contributed by atoms with Gasteiger partial charge in [-0.05, 0) is 52.4 Å². The van der Waals surface area contributed by atoms with Crippen LogP contribution in [0.3, 0.4) is 0 Å². The standard InChI is InChI=1S/C10H22N2S/c1-11(13)7-5-6-10-12-8-3-2-4-9-12/h13H,2-10H2,1H3. The predicted octanol–water partition coefficient (Wildman–Crippen LogP) is 2.03. The van der Waals surface area contributed by atoms with Crippen molar-refractivity contribution in [3.05, 3.63) is 0 Å². The molecule has 0 aliphatic carbocycles. The summed E-state index contributed by atoms with van der Waals surface area (Å²) in [6.45, 7) is 5.06. The molecule has 0 N–H and O–H groups in total. The molecule has 1 saturated heterocycles. The zero-order chi connectivity index (χ0) is 9.52. The highest BCUT2D eigenvalue weighted by molar-refractivity contribution is 7.77. The monoisotopic (exact) mass is 202 g/mol. The summed E-state index contributed by atoms with van der Waals surface area (Å²) < 4.78 is 1.97. The normalized spacial score (nSPS) is 19.6. The minimum atomic E-state index is 1.11. The Hall–Kier alpha value is 0.270. The molecule has 0 aromatic heterocycles. The van der Waals surface area contributed by atoms with E-state index in [9.17, 15) is 0 Å². The van der Waals surface area contributed by atoms with E-state index in [1.807, 2.05) is 11.4 Å². The Bertz CT molecular complexity index is 122. The highest BCUT2D eigenvalue weighted by Crippen LogP contribution is 2.09. The lowest BCUT2D eigenvalue weighted by atomic mass is 10.1. The zero-order valence-corrected chi connectivity index (χ0v) is 9.60. The molecule has 0 radical (unpaired) electrons. The lowest BCUT2D eigenvalue weighted by Crippen LogP contribution is -2.30. The molecule has 0 unspecified atom stereocenters. The molecule has 1 fully saturated rings. The fraction of sp³-hybridized carbons (Fsp3) is 1.00. The number of thiol groups is 1. The first-order valence-electron chi connectivity index (χ1n) is 5.41. The fourth-order valence-corrected chi connectivity index (χ4v) is 2.00. The second-order valence-electron chi connectivity index (χ2n) is 3.99. The number of piperidine rings is 1. The van der Waals surface area contributed by atoms with E-state index in [0.717, 1.165) is 6.54 Å². The Morgan fingerprint density at radius 3 is 2.46 bits per heavy atom. The summed E-state index contributed by atoms with van der Waals surface area (Å²) in [5.41, 5.74) is 0. The van der Waals surface area contributed by atoms with Crippen molar-refractivity contribution in [1.29, 1.82) is 0 Å². The second kappa shape index (κ2) is 6.68. The predicted molar refractivity (Wildman–Crippen MR) is 61.1 cm³/mol. The van der Waals surface area contributed by atoms with Crippen molar-refractivity contribution in [3.63, 3.8) is 0 Å². The quantitative estimate of drug-likeness (QED) is 0.538. The molecule has 1 aliphatic rings. The van der Waals surface area contributed by atoms with Gasteiger partial charge in [-0.15, -0.1) is 0 Å². The first-order valence-corrected chi connectivity index (χ1v) is 5.81. The highest BCUT2D eigenvalue weighted by atomic mass is 32.1. The molecular weight excluding hydrogens is 180 g/mol. The Morgan fingerprint density at radius 1 is 1.15 bits per heavy atom. The number of hydrogen-bond acceptors (Lipinski definition) is 3. The molecule has 13 heavy (non-hydrogen) atoms. The van der Waals surface area contributed by atoms with Crippen molar-refractivity contribution in [3.8, 4) is 0 Å². The maximum atomic E-state index is 4.22. The molecular formula is C10H22N2S. The van der Waals surface area contributed by atoms with E-state index in [1.54, 1.807) is 0 Å².